The molecule has 2 aliphatic rings. The molecule has 2 fully saturated rings. The zero-order chi connectivity index (χ0) is 19.9. The number of hydrogen-bond acceptors (Lipinski definition) is 5. The molecular weight excluding hydrogens is 356 g/mol. The summed E-state index contributed by atoms with van der Waals surface area (Å²) in [5.41, 5.74) is 0.634. The first-order valence-electron chi connectivity index (χ1n) is 10.5. The maximum Gasteiger partial charge on any atom is 0.317 e. The highest BCUT2D eigenvalue weighted by atomic mass is 16.4. The molecule has 0 spiro atoms. The quantitative estimate of drug-likeness (QED) is 0.807. The van der Waals surface area contributed by atoms with Crippen LogP contribution in [0.2, 0.25) is 0 Å². The largest absolute Gasteiger partial charge is 0.480 e. The maximum atomic E-state index is 12.8. The third-order valence-electron chi connectivity index (χ3n) is 5.94. The minimum atomic E-state index is -0.795. The summed E-state index contributed by atoms with van der Waals surface area (Å²) in [4.78, 5) is 34.6. The van der Waals surface area contributed by atoms with Gasteiger partial charge in [0.05, 0.1) is 12.1 Å². The van der Waals surface area contributed by atoms with E-state index in [0.717, 1.165) is 31.7 Å². The number of aromatic nitrogens is 1. The molecule has 1 N–H and O–H groups in total. The van der Waals surface area contributed by atoms with Crippen LogP contribution in [0.1, 0.15) is 55.8 Å². The van der Waals surface area contributed by atoms with Gasteiger partial charge in [-0.25, -0.2) is 4.98 Å². The van der Waals surface area contributed by atoms with Crippen LogP contribution in [0, 0.1) is 0 Å². The molecule has 0 radical (unpaired) electrons. The van der Waals surface area contributed by atoms with Crippen LogP contribution in [-0.2, 0) is 4.79 Å². The molecule has 0 atom stereocenters. The second-order valence-corrected chi connectivity index (χ2v) is 7.79. The van der Waals surface area contributed by atoms with Crippen LogP contribution >= 0.6 is 0 Å². The number of carboxylic acids is 1. The Morgan fingerprint density at radius 2 is 1.79 bits per heavy atom. The van der Waals surface area contributed by atoms with E-state index < -0.39 is 5.97 Å². The van der Waals surface area contributed by atoms with Crippen LogP contribution in [0.15, 0.2) is 18.3 Å². The van der Waals surface area contributed by atoms with Crippen molar-refractivity contribution in [2.75, 3.05) is 44.2 Å². The molecule has 1 aromatic heterocycles. The molecule has 0 saturated carbocycles. The Balaban J connectivity index is 1.55. The number of carbonyl (C=O) groups excluding carboxylic acids is 1. The second-order valence-electron chi connectivity index (χ2n) is 7.79. The standard InChI is InChI=1S/C21H32N4O3/c1-2-23(16-20(26)27)18-9-13-25(14-10-18)21(28)17-7-8-19(22-15-17)24-11-5-3-4-6-12-24/h7-8,15,18H,2-6,9-14,16H2,1H3,(H,26,27). The molecule has 2 saturated heterocycles. The first-order valence-corrected chi connectivity index (χ1v) is 10.5. The highest BCUT2D eigenvalue weighted by Crippen LogP contribution is 2.20. The Kier molecular flexibility index (Phi) is 7.25. The zero-order valence-corrected chi connectivity index (χ0v) is 16.8. The van der Waals surface area contributed by atoms with Gasteiger partial charge in [0, 0.05) is 38.4 Å². The van der Waals surface area contributed by atoms with Crippen LogP contribution in [-0.4, -0.2) is 77.1 Å². The van der Waals surface area contributed by atoms with Gasteiger partial charge in [-0.05, 0) is 44.4 Å². The normalized spacial score (nSPS) is 18.9. The molecule has 1 aromatic rings. The fourth-order valence-electron chi connectivity index (χ4n) is 4.29. The van der Waals surface area contributed by atoms with E-state index in [0.29, 0.717) is 25.2 Å². The predicted molar refractivity (Wildman–Crippen MR) is 109 cm³/mol. The Hall–Kier alpha value is -2.15. The summed E-state index contributed by atoms with van der Waals surface area (Å²) in [6, 6.07) is 4.09. The van der Waals surface area contributed by atoms with Crippen molar-refractivity contribution in [3.05, 3.63) is 23.9 Å². The average molecular weight is 389 g/mol. The Morgan fingerprint density at radius 3 is 2.32 bits per heavy atom. The minimum Gasteiger partial charge on any atom is -0.480 e. The van der Waals surface area contributed by atoms with Gasteiger partial charge >= 0.3 is 5.97 Å². The van der Waals surface area contributed by atoms with Crippen molar-refractivity contribution in [2.45, 2.75) is 51.5 Å². The Labute approximate surface area is 167 Å². The number of hydrogen-bond donors (Lipinski definition) is 1. The lowest BCUT2D eigenvalue weighted by Gasteiger charge is -2.37. The number of carboxylic acid groups (broad SMARTS) is 1. The minimum absolute atomic E-state index is 0.0228. The van der Waals surface area contributed by atoms with E-state index in [9.17, 15) is 9.59 Å². The molecule has 3 heterocycles. The summed E-state index contributed by atoms with van der Waals surface area (Å²) >= 11 is 0. The van der Waals surface area contributed by atoms with Crippen molar-refractivity contribution >= 4 is 17.7 Å². The van der Waals surface area contributed by atoms with E-state index >= 15 is 0 Å². The number of likely N-dealkylation sites (tertiary alicyclic amines) is 1. The van der Waals surface area contributed by atoms with E-state index in [1.807, 2.05) is 28.9 Å². The van der Waals surface area contributed by atoms with Crippen LogP contribution in [0.25, 0.3) is 0 Å². The molecular formula is C21H32N4O3. The molecule has 0 aromatic carbocycles. The molecule has 7 heteroatoms. The van der Waals surface area contributed by atoms with E-state index in [1.165, 1.54) is 25.7 Å². The molecule has 28 heavy (non-hydrogen) atoms. The fourth-order valence-corrected chi connectivity index (χ4v) is 4.29. The molecule has 154 valence electrons. The molecule has 0 bridgehead atoms. The summed E-state index contributed by atoms with van der Waals surface area (Å²) in [6.07, 6.45) is 8.30. The van der Waals surface area contributed by atoms with E-state index in [4.69, 9.17) is 5.11 Å². The van der Waals surface area contributed by atoms with Crippen molar-refractivity contribution in [3.8, 4) is 0 Å². The Morgan fingerprint density at radius 1 is 1.11 bits per heavy atom. The van der Waals surface area contributed by atoms with Gasteiger partial charge in [-0.15, -0.1) is 0 Å². The van der Waals surface area contributed by atoms with Crippen molar-refractivity contribution in [2.24, 2.45) is 0 Å². The number of nitrogens with zero attached hydrogens (tertiary/aromatic N) is 4. The van der Waals surface area contributed by atoms with Crippen molar-refractivity contribution in [3.63, 3.8) is 0 Å². The lowest BCUT2D eigenvalue weighted by molar-refractivity contribution is -0.139. The van der Waals surface area contributed by atoms with Crippen LogP contribution < -0.4 is 4.90 Å². The third kappa shape index (κ3) is 5.22. The lowest BCUT2D eigenvalue weighted by Crippen LogP contribution is -2.48. The molecule has 3 rings (SSSR count). The lowest BCUT2D eigenvalue weighted by atomic mass is 10.0. The summed E-state index contributed by atoms with van der Waals surface area (Å²) in [6.45, 7) is 6.17. The zero-order valence-electron chi connectivity index (χ0n) is 16.8. The van der Waals surface area contributed by atoms with Crippen molar-refractivity contribution < 1.29 is 14.7 Å². The molecule has 1 amide bonds. The summed E-state index contributed by atoms with van der Waals surface area (Å²) in [5, 5.41) is 9.05. The van der Waals surface area contributed by atoms with Gasteiger partial charge in [0.25, 0.3) is 5.91 Å². The predicted octanol–water partition coefficient (Wildman–Crippen LogP) is 2.47. The van der Waals surface area contributed by atoms with Gasteiger partial charge < -0.3 is 14.9 Å². The smallest absolute Gasteiger partial charge is 0.317 e. The number of amides is 1. The van der Waals surface area contributed by atoms with E-state index in [-0.39, 0.29) is 18.5 Å². The Bertz CT molecular complexity index is 648. The molecule has 0 aliphatic carbocycles. The highest BCUT2D eigenvalue weighted by Gasteiger charge is 2.28. The summed E-state index contributed by atoms with van der Waals surface area (Å²) in [5.74, 6) is 0.190. The molecule has 0 unspecified atom stereocenters. The number of pyridine rings is 1. The van der Waals surface area contributed by atoms with Crippen LogP contribution in [0.3, 0.4) is 0 Å². The number of anilines is 1. The number of piperidine rings is 1. The average Bonchev–Trinajstić information content (AvgIpc) is 3.01. The molecule has 7 nitrogen and oxygen atoms in total. The van der Waals surface area contributed by atoms with Crippen LogP contribution in [0.5, 0.6) is 0 Å². The summed E-state index contributed by atoms with van der Waals surface area (Å²) in [7, 11) is 0. The van der Waals surface area contributed by atoms with Crippen molar-refractivity contribution in [1.29, 1.82) is 0 Å². The van der Waals surface area contributed by atoms with Crippen molar-refractivity contribution in [1.82, 2.24) is 14.8 Å². The van der Waals surface area contributed by atoms with Gasteiger partial charge in [0.1, 0.15) is 5.82 Å². The topological polar surface area (TPSA) is 77.0 Å². The maximum absolute atomic E-state index is 12.8. The first-order chi connectivity index (χ1) is 13.6. The fraction of sp³-hybridized carbons (Fsp3) is 0.667. The van der Waals surface area contributed by atoms with Gasteiger partial charge in [-0.1, -0.05) is 19.8 Å². The second kappa shape index (κ2) is 9.87. The van der Waals surface area contributed by atoms with Crippen LogP contribution in [0.4, 0.5) is 5.82 Å². The van der Waals surface area contributed by atoms with Gasteiger partial charge in [0.2, 0.25) is 0 Å². The first kappa shape index (κ1) is 20.6. The van der Waals surface area contributed by atoms with Gasteiger partial charge in [0.15, 0.2) is 0 Å². The summed E-state index contributed by atoms with van der Waals surface area (Å²) < 4.78 is 0. The SMILES string of the molecule is CCN(CC(=O)O)C1CCN(C(=O)c2ccc(N3CCCCCC3)nc2)CC1. The van der Waals surface area contributed by atoms with Gasteiger partial charge in [-0.3, -0.25) is 14.5 Å². The van der Waals surface area contributed by atoms with E-state index in [2.05, 4.69) is 9.88 Å². The number of likely N-dealkylation sites (N-methyl/N-ethyl adjacent to an activating group) is 1. The highest BCUT2D eigenvalue weighted by molar-refractivity contribution is 5.94. The third-order valence-corrected chi connectivity index (χ3v) is 5.94. The monoisotopic (exact) mass is 388 g/mol. The molecule has 2 aliphatic heterocycles. The number of rotatable bonds is 6. The van der Waals surface area contributed by atoms with E-state index in [1.54, 1.807) is 6.20 Å². The number of aliphatic carboxylic acids is 1. The van der Waals surface area contributed by atoms with Gasteiger partial charge in [-0.2, -0.15) is 0 Å². The number of carbonyl (C=O) groups is 2.